The Morgan fingerprint density at radius 2 is 2.04 bits per heavy atom. The first-order valence-corrected chi connectivity index (χ1v) is 9.08. The van der Waals surface area contributed by atoms with E-state index in [9.17, 15) is 9.59 Å². The Bertz CT molecular complexity index is 995. The number of ether oxygens (including phenoxy) is 3. The van der Waals surface area contributed by atoms with Gasteiger partial charge in [-0.25, -0.2) is 4.79 Å². The summed E-state index contributed by atoms with van der Waals surface area (Å²) >= 11 is 12.1. The Kier molecular flexibility index (Phi) is 6.07. The molecule has 0 amide bonds. The highest BCUT2D eigenvalue weighted by molar-refractivity contribution is 6.35. The van der Waals surface area contributed by atoms with Crippen LogP contribution in [0.2, 0.25) is 10.0 Å². The van der Waals surface area contributed by atoms with Gasteiger partial charge in [-0.15, -0.1) is 0 Å². The van der Waals surface area contributed by atoms with Crippen LogP contribution >= 0.6 is 23.2 Å². The van der Waals surface area contributed by atoms with Crippen LogP contribution in [0.5, 0.6) is 11.5 Å². The zero-order valence-corrected chi connectivity index (χ0v) is 16.5. The summed E-state index contributed by atoms with van der Waals surface area (Å²) in [5.74, 6) is 0.173. The lowest BCUT2D eigenvalue weighted by Crippen LogP contribution is -2.15. The highest BCUT2D eigenvalue weighted by atomic mass is 35.5. The largest absolute Gasteiger partial charge is 0.481 e. The lowest BCUT2D eigenvalue weighted by Gasteiger charge is -2.11. The molecular weight excluding hydrogens is 403 g/mol. The molecule has 7 heteroatoms. The minimum Gasteiger partial charge on any atom is -0.481 e. The van der Waals surface area contributed by atoms with Gasteiger partial charge in [-0.05, 0) is 42.8 Å². The van der Waals surface area contributed by atoms with Gasteiger partial charge in [-0.1, -0.05) is 41.9 Å². The van der Waals surface area contributed by atoms with E-state index >= 15 is 0 Å². The van der Waals surface area contributed by atoms with Crippen LogP contribution in [0.3, 0.4) is 0 Å². The molecule has 1 aliphatic heterocycles. The van der Waals surface area contributed by atoms with Gasteiger partial charge < -0.3 is 14.2 Å². The Balaban J connectivity index is 1.81. The van der Waals surface area contributed by atoms with Crippen LogP contribution in [-0.2, 0) is 9.53 Å². The number of fused-ring (bicyclic) bond motifs is 1. The second-order valence-electron chi connectivity index (χ2n) is 5.93. The Hall–Kier alpha value is -2.76. The van der Waals surface area contributed by atoms with Crippen LogP contribution in [0.15, 0.2) is 48.7 Å². The zero-order chi connectivity index (χ0) is 20.3. The van der Waals surface area contributed by atoms with Crippen LogP contribution in [-0.4, -0.2) is 25.0 Å². The van der Waals surface area contributed by atoms with Gasteiger partial charge in [-0.3, -0.25) is 4.79 Å². The van der Waals surface area contributed by atoms with Gasteiger partial charge in [0.15, 0.2) is 12.4 Å². The molecule has 0 aliphatic carbocycles. The number of ketones is 1. The number of hydrogen-bond donors (Lipinski definition) is 0. The number of carbonyl (C=O) groups is 2. The number of allylic oxidation sites excluding steroid dienone is 1. The molecule has 0 unspecified atom stereocenters. The van der Waals surface area contributed by atoms with Crippen molar-refractivity contribution in [3.8, 4) is 11.5 Å². The van der Waals surface area contributed by atoms with E-state index in [0.29, 0.717) is 38.2 Å². The van der Waals surface area contributed by atoms with Crippen molar-refractivity contribution < 1.29 is 23.8 Å². The van der Waals surface area contributed by atoms with E-state index in [0.717, 1.165) is 0 Å². The van der Waals surface area contributed by atoms with E-state index in [1.54, 1.807) is 43.3 Å². The van der Waals surface area contributed by atoms with E-state index in [2.05, 4.69) is 6.58 Å². The summed E-state index contributed by atoms with van der Waals surface area (Å²) in [5.41, 5.74) is 1.63. The molecule has 1 aliphatic rings. The van der Waals surface area contributed by atoms with Gasteiger partial charge in [0, 0.05) is 15.6 Å². The Morgan fingerprint density at radius 3 is 2.75 bits per heavy atom. The molecule has 0 N–H and O–H groups in total. The van der Waals surface area contributed by atoms with Crippen LogP contribution in [0.1, 0.15) is 21.5 Å². The molecule has 0 aromatic heterocycles. The first kappa shape index (κ1) is 20.0. The quantitative estimate of drug-likeness (QED) is 0.374. The van der Waals surface area contributed by atoms with E-state index in [1.807, 2.05) is 0 Å². The maximum Gasteiger partial charge on any atom is 0.344 e. The molecule has 2 aromatic carbocycles. The smallest absolute Gasteiger partial charge is 0.344 e. The van der Waals surface area contributed by atoms with Gasteiger partial charge in [0.25, 0.3) is 0 Å². The number of carbonyl (C=O) groups excluding carboxylic acids is 2. The molecule has 5 nitrogen and oxygen atoms in total. The summed E-state index contributed by atoms with van der Waals surface area (Å²) in [6.45, 7) is 5.07. The second-order valence-corrected chi connectivity index (χ2v) is 6.77. The van der Waals surface area contributed by atoms with Crippen molar-refractivity contribution in [2.75, 3.05) is 13.2 Å². The average Bonchev–Trinajstić information content (AvgIpc) is 2.98. The molecule has 0 radical (unpaired) electrons. The van der Waals surface area contributed by atoms with Crippen molar-refractivity contribution in [2.24, 2.45) is 0 Å². The molecule has 0 bridgehead atoms. The molecular formula is C21H16Cl2O5. The molecule has 28 heavy (non-hydrogen) atoms. The number of Topliss-reactive ketones (excluding diaryl/α,β-unsaturated/α-hetero) is 1. The fourth-order valence-corrected chi connectivity index (χ4v) is 3.08. The van der Waals surface area contributed by atoms with Crippen LogP contribution in [0.25, 0.3) is 6.08 Å². The lowest BCUT2D eigenvalue weighted by molar-refractivity contribution is -0.144. The van der Waals surface area contributed by atoms with Crippen molar-refractivity contribution >= 4 is 41.0 Å². The SMILES string of the molecule is C=CCOC(=O)COc1ccc2c(c1C)O/C(=C\c1ccc(Cl)cc1Cl)C2=O. The van der Waals surface area contributed by atoms with E-state index < -0.39 is 5.97 Å². The first-order chi connectivity index (χ1) is 13.4. The molecule has 0 atom stereocenters. The number of halogens is 2. The number of rotatable bonds is 6. The van der Waals surface area contributed by atoms with E-state index in [1.165, 1.54) is 6.08 Å². The normalized spacial score (nSPS) is 13.8. The van der Waals surface area contributed by atoms with Gasteiger partial charge >= 0.3 is 5.97 Å². The maximum absolute atomic E-state index is 12.6. The first-order valence-electron chi connectivity index (χ1n) is 8.33. The molecule has 0 saturated heterocycles. The summed E-state index contributed by atoms with van der Waals surface area (Å²) in [5, 5.41) is 0.907. The molecule has 0 fully saturated rings. The number of esters is 1. The van der Waals surface area contributed by atoms with Crippen molar-refractivity contribution in [3.05, 3.63) is 75.5 Å². The van der Waals surface area contributed by atoms with Gasteiger partial charge in [0.2, 0.25) is 5.78 Å². The van der Waals surface area contributed by atoms with Crippen LogP contribution in [0, 0.1) is 6.92 Å². The molecule has 0 saturated carbocycles. The molecule has 3 rings (SSSR count). The van der Waals surface area contributed by atoms with Gasteiger partial charge in [0.05, 0.1) is 5.56 Å². The van der Waals surface area contributed by atoms with Crippen LogP contribution < -0.4 is 9.47 Å². The highest BCUT2D eigenvalue weighted by Gasteiger charge is 2.30. The molecule has 2 aromatic rings. The fourth-order valence-electron chi connectivity index (χ4n) is 2.61. The average molecular weight is 419 g/mol. The minimum atomic E-state index is -0.519. The zero-order valence-electron chi connectivity index (χ0n) is 15.0. The predicted octanol–water partition coefficient (Wildman–Crippen LogP) is 5.03. The Labute approximate surface area is 172 Å². The van der Waals surface area contributed by atoms with Crippen molar-refractivity contribution in [2.45, 2.75) is 6.92 Å². The third kappa shape index (κ3) is 4.21. The predicted molar refractivity (Wildman–Crippen MR) is 107 cm³/mol. The van der Waals surface area contributed by atoms with Crippen molar-refractivity contribution in [3.63, 3.8) is 0 Å². The van der Waals surface area contributed by atoms with Gasteiger partial charge in [-0.2, -0.15) is 0 Å². The summed E-state index contributed by atoms with van der Waals surface area (Å²) < 4.78 is 16.1. The topological polar surface area (TPSA) is 61.8 Å². The Morgan fingerprint density at radius 1 is 1.25 bits per heavy atom. The maximum atomic E-state index is 12.6. The van der Waals surface area contributed by atoms with Crippen molar-refractivity contribution in [1.82, 2.24) is 0 Å². The van der Waals surface area contributed by atoms with E-state index in [-0.39, 0.29) is 24.8 Å². The molecule has 144 valence electrons. The summed E-state index contributed by atoms with van der Waals surface area (Å²) in [6, 6.07) is 8.18. The highest BCUT2D eigenvalue weighted by Crippen LogP contribution is 2.39. The summed E-state index contributed by atoms with van der Waals surface area (Å²) in [7, 11) is 0. The standard InChI is InChI=1S/C21H16Cl2O5/c1-3-8-26-19(24)11-27-17-7-6-15-20(25)18(28-21(15)12(17)2)9-13-4-5-14(22)10-16(13)23/h3-7,9-10H,1,8,11H2,2H3/b18-9-. The summed E-state index contributed by atoms with van der Waals surface area (Å²) in [4.78, 5) is 24.2. The molecule has 1 heterocycles. The molecule has 0 spiro atoms. The lowest BCUT2D eigenvalue weighted by atomic mass is 10.1. The van der Waals surface area contributed by atoms with Gasteiger partial charge in [0.1, 0.15) is 18.1 Å². The third-order valence-electron chi connectivity index (χ3n) is 3.99. The minimum absolute atomic E-state index is 0.115. The summed E-state index contributed by atoms with van der Waals surface area (Å²) in [6.07, 6.45) is 3.03. The second kappa shape index (κ2) is 8.50. The monoisotopic (exact) mass is 418 g/mol. The fraction of sp³-hybridized carbons (Fsp3) is 0.143. The van der Waals surface area contributed by atoms with Crippen LogP contribution in [0.4, 0.5) is 0 Å². The number of benzene rings is 2. The van der Waals surface area contributed by atoms with E-state index in [4.69, 9.17) is 37.4 Å². The third-order valence-corrected chi connectivity index (χ3v) is 4.56. The van der Waals surface area contributed by atoms with Crippen molar-refractivity contribution in [1.29, 1.82) is 0 Å². The number of hydrogen-bond acceptors (Lipinski definition) is 5.